The molecular weight excluding hydrogens is 382 g/mol. The Bertz CT molecular complexity index is 1090. The SMILES string of the molecule is CC(C)(C)c1nc2cc(NC(=O)c3cccc(NC(=O)C4CCCO4)c3)ccc2o1. The molecule has 0 radical (unpaired) electrons. The van der Waals surface area contributed by atoms with Gasteiger partial charge in [0.25, 0.3) is 11.8 Å². The highest BCUT2D eigenvalue weighted by Gasteiger charge is 2.24. The lowest BCUT2D eigenvalue weighted by molar-refractivity contribution is -0.124. The number of hydrogen-bond acceptors (Lipinski definition) is 5. The quantitative estimate of drug-likeness (QED) is 0.664. The van der Waals surface area contributed by atoms with Crippen LogP contribution in [0.3, 0.4) is 0 Å². The normalized spacial score (nSPS) is 16.6. The van der Waals surface area contributed by atoms with Gasteiger partial charge in [-0.15, -0.1) is 0 Å². The third kappa shape index (κ3) is 4.36. The molecular formula is C23H25N3O4. The van der Waals surface area contributed by atoms with E-state index < -0.39 is 6.10 Å². The monoisotopic (exact) mass is 407 g/mol. The van der Waals surface area contributed by atoms with Crippen LogP contribution in [0.2, 0.25) is 0 Å². The van der Waals surface area contributed by atoms with E-state index in [4.69, 9.17) is 9.15 Å². The van der Waals surface area contributed by atoms with Gasteiger partial charge in [0, 0.05) is 29.0 Å². The number of nitrogens with one attached hydrogen (secondary N) is 2. The van der Waals surface area contributed by atoms with Gasteiger partial charge in [-0.1, -0.05) is 26.8 Å². The lowest BCUT2D eigenvalue weighted by Gasteiger charge is -2.11. The standard InChI is InChI=1S/C23H25N3O4/c1-23(2,3)22-26-17-13-16(9-10-18(17)30-22)24-20(27)14-6-4-7-15(12-14)25-21(28)19-8-5-11-29-19/h4,6-7,9-10,12-13,19H,5,8,11H2,1-3H3,(H,24,27)(H,25,28). The Morgan fingerprint density at radius 2 is 1.87 bits per heavy atom. The van der Waals surface area contributed by atoms with Crippen molar-refractivity contribution in [2.45, 2.75) is 45.1 Å². The molecule has 1 saturated heterocycles. The second-order valence-corrected chi connectivity index (χ2v) is 8.48. The molecule has 30 heavy (non-hydrogen) atoms. The summed E-state index contributed by atoms with van der Waals surface area (Å²) in [5.41, 5.74) is 2.79. The molecule has 2 N–H and O–H groups in total. The molecule has 1 aliphatic rings. The molecule has 1 aromatic heterocycles. The van der Waals surface area contributed by atoms with Crippen molar-refractivity contribution in [1.29, 1.82) is 0 Å². The van der Waals surface area contributed by atoms with Crippen molar-refractivity contribution in [2.75, 3.05) is 17.2 Å². The van der Waals surface area contributed by atoms with Crippen molar-refractivity contribution in [3.63, 3.8) is 0 Å². The molecule has 0 bridgehead atoms. The molecule has 7 nitrogen and oxygen atoms in total. The van der Waals surface area contributed by atoms with Crippen LogP contribution in [0.1, 0.15) is 49.9 Å². The van der Waals surface area contributed by atoms with Gasteiger partial charge >= 0.3 is 0 Å². The Labute approximate surface area is 174 Å². The van der Waals surface area contributed by atoms with Crippen LogP contribution < -0.4 is 10.6 Å². The van der Waals surface area contributed by atoms with E-state index in [1.54, 1.807) is 42.5 Å². The molecule has 1 fully saturated rings. The van der Waals surface area contributed by atoms with E-state index in [0.717, 1.165) is 6.42 Å². The van der Waals surface area contributed by atoms with Gasteiger partial charge in [-0.25, -0.2) is 4.98 Å². The minimum atomic E-state index is -0.422. The lowest BCUT2D eigenvalue weighted by atomic mass is 9.97. The second-order valence-electron chi connectivity index (χ2n) is 8.48. The number of nitrogens with zero attached hydrogens (tertiary/aromatic N) is 1. The van der Waals surface area contributed by atoms with Gasteiger partial charge in [0.05, 0.1) is 0 Å². The van der Waals surface area contributed by atoms with E-state index >= 15 is 0 Å². The molecule has 1 atom stereocenters. The molecule has 1 unspecified atom stereocenters. The van der Waals surface area contributed by atoms with Gasteiger partial charge in [0.1, 0.15) is 11.6 Å². The van der Waals surface area contributed by atoms with Gasteiger partial charge in [-0.05, 0) is 49.2 Å². The third-order valence-electron chi connectivity index (χ3n) is 4.90. The van der Waals surface area contributed by atoms with Gasteiger partial charge < -0.3 is 19.8 Å². The number of benzene rings is 2. The van der Waals surface area contributed by atoms with Crippen LogP contribution in [0, 0.1) is 0 Å². The van der Waals surface area contributed by atoms with E-state index in [-0.39, 0.29) is 17.2 Å². The number of amides is 2. The van der Waals surface area contributed by atoms with Crippen molar-refractivity contribution in [3.8, 4) is 0 Å². The number of oxazole rings is 1. The summed E-state index contributed by atoms with van der Waals surface area (Å²) < 4.78 is 11.2. The molecule has 0 aliphatic carbocycles. The van der Waals surface area contributed by atoms with Crippen LogP contribution in [-0.2, 0) is 14.9 Å². The Hall–Kier alpha value is -3.19. The fraction of sp³-hybridized carbons (Fsp3) is 0.348. The van der Waals surface area contributed by atoms with E-state index in [0.29, 0.717) is 47.0 Å². The number of anilines is 2. The number of fused-ring (bicyclic) bond motifs is 1. The number of rotatable bonds is 4. The minimum Gasteiger partial charge on any atom is -0.440 e. The molecule has 0 saturated carbocycles. The largest absolute Gasteiger partial charge is 0.440 e. The summed E-state index contributed by atoms with van der Waals surface area (Å²) in [6, 6.07) is 12.2. The van der Waals surface area contributed by atoms with Crippen molar-refractivity contribution in [1.82, 2.24) is 4.98 Å². The molecule has 0 spiro atoms. The fourth-order valence-electron chi connectivity index (χ4n) is 3.27. The predicted octanol–water partition coefficient (Wildman–Crippen LogP) is 4.50. The van der Waals surface area contributed by atoms with Gasteiger partial charge in [-0.2, -0.15) is 0 Å². The van der Waals surface area contributed by atoms with Crippen LogP contribution in [0.15, 0.2) is 46.9 Å². The maximum atomic E-state index is 12.7. The molecule has 3 aromatic rings. The summed E-state index contributed by atoms with van der Waals surface area (Å²) in [6.07, 6.45) is 1.18. The number of carbonyl (C=O) groups excluding carboxylic acids is 2. The molecule has 2 amide bonds. The number of hydrogen-bond donors (Lipinski definition) is 2. The first-order chi connectivity index (χ1) is 14.3. The average molecular weight is 407 g/mol. The predicted molar refractivity (Wildman–Crippen MR) is 115 cm³/mol. The molecule has 156 valence electrons. The second kappa shape index (κ2) is 7.91. The first kappa shape index (κ1) is 20.1. The third-order valence-corrected chi connectivity index (χ3v) is 4.90. The van der Waals surface area contributed by atoms with Crippen LogP contribution in [0.25, 0.3) is 11.1 Å². The molecule has 4 rings (SSSR count). The summed E-state index contributed by atoms with van der Waals surface area (Å²) in [4.78, 5) is 29.5. The van der Waals surface area contributed by atoms with E-state index in [1.807, 2.05) is 20.8 Å². The Kier molecular flexibility index (Phi) is 5.30. The van der Waals surface area contributed by atoms with Crippen molar-refractivity contribution in [2.24, 2.45) is 0 Å². The summed E-state index contributed by atoms with van der Waals surface area (Å²) in [5.74, 6) is 0.189. The van der Waals surface area contributed by atoms with Crippen LogP contribution in [0.5, 0.6) is 0 Å². The highest BCUT2D eigenvalue weighted by atomic mass is 16.5. The highest BCUT2D eigenvalue weighted by Crippen LogP contribution is 2.27. The van der Waals surface area contributed by atoms with E-state index in [2.05, 4.69) is 15.6 Å². The summed E-state index contributed by atoms with van der Waals surface area (Å²) >= 11 is 0. The topological polar surface area (TPSA) is 93.5 Å². The first-order valence-corrected chi connectivity index (χ1v) is 10.0. The maximum Gasteiger partial charge on any atom is 0.255 e. The smallest absolute Gasteiger partial charge is 0.255 e. The Morgan fingerprint density at radius 3 is 2.60 bits per heavy atom. The zero-order valence-corrected chi connectivity index (χ0v) is 17.3. The fourth-order valence-corrected chi connectivity index (χ4v) is 3.27. The zero-order chi connectivity index (χ0) is 21.3. The van der Waals surface area contributed by atoms with E-state index in [1.165, 1.54) is 0 Å². The maximum absolute atomic E-state index is 12.7. The minimum absolute atomic E-state index is 0.184. The Morgan fingerprint density at radius 1 is 1.07 bits per heavy atom. The number of carbonyl (C=O) groups is 2. The van der Waals surface area contributed by atoms with Crippen LogP contribution in [0.4, 0.5) is 11.4 Å². The lowest BCUT2D eigenvalue weighted by Crippen LogP contribution is -2.27. The van der Waals surface area contributed by atoms with E-state index in [9.17, 15) is 9.59 Å². The van der Waals surface area contributed by atoms with Crippen molar-refractivity contribution >= 4 is 34.3 Å². The number of aromatic nitrogens is 1. The van der Waals surface area contributed by atoms with Crippen LogP contribution >= 0.6 is 0 Å². The first-order valence-electron chi connectivity index (χ1n) is 10.0. The highest BCUT2D eigenvalue weighted by molar-refractivity contribution is 6.06. The number of ether oxygens (including phenoxy) is 1. The van der Waals surface area contributed by atoms with Crippen molar-refractivity contribution < 1.29 is 18.7 Å². The summed E-state index contributed by atoms with van der Waals surface area (Å²) in [5, 5.41) is 5.69. The van der Waals surface area contributed by atoms with Gasteiger partial charge in [-0.3, -0.25) is 9.59 Å². The Balaban J connectivity index is 1.47. The van der Waals surface area contributed by atoms with Crippen LogP contribution in [-0.4, -0.2) is 29.5 Å². The molecule has 2 heterocycles. The summed E-state index contributed by atoms with van der Waals surface area (Å²) in [7, 11) is 0. The molecule has 7 heteroatoms. The van der Waals surface area contributed by atoms with Gasteiger partial charge in [0.15, 0.2) is 5.58 Å². The average Bonchev–Trinajstić information content (AvgIpc) is 3.37. The zero-order valence-electron chi connectivity index (χ0n) is 17.3. The summed E-state index contributed by atoms with van der Waals surface area (Å²) in [6.45, 7) is 6.70. The van der Waals surface area contributed by atoms with Gasteiger partial charge in [0.2, 0.25) is 5.89 Å². The van der Waals surface area contributed by atoms with Crippen molar-refractivity contribution in [3.05, 3.63) is 53.9 Å². The molecule has 1 aliphatic heterocycles. The molecule has 2 aromatic carbocycles.